The lowest BCUT2D eigenvalue weighted by molar-refractivity contribution is 0.0968. The number of nitrogens with zero attached hydrogens (tertiary/aromatic N) is 2. The van der Waals surface area contributed by atoms with E-state index in [-0.39, 0.29) is 0 Å². The molecular formula is C12H10N4O. The van der Waals surface area contributed by atoms with Crippen molar-refractivity contribution in [3.8, 4) is 17.3 Å². The highest BCUT2D eigenvalue weighted by molar-refractivity contribution is 5.95. The second-order valence-corrected chi connectivity index (χ2v) is 3.52. The van der Waals surface area contributed by atoms with Gasteiger partial charge in [0.15, 0.2) is 6.19 Å². The molecule has 84 valence electrons. The molecule has 1 amide bonds. The van der Waals surface area contributed by atoms with Crippen molar-refractivity contribution in [3.05, 3.63) is 42.0 Å². The number of nitrogens with one attached hydrogen (secondary N) is 2. The average molecular weight is 226 g/mol. The number of aromatic amines is 1. The van der Waals surface area contributed by atoms with Crippen molar-refractivity contribution in [2.24, 2.45) is 0 Å². The van der Waals surface area contributed by atoms with Crippen molar-refractivity contribution in [2.45, 2.75) is 6.92 Å². The quantitative estimate of drug-likeness (QED) is 0.602. The minimum absolute atomic E-state index is 0.371. The summed E-state index contributed by atoms with van der Waals surface area (Å²) in [5, 5.41) is 10.5. The number of nitriles is 1. The van der Waals surface area contributed by atoms with Gasteiger partial charge in [-0.1, -0.05) is 0 Å². The first-order valence-electron chi connectivity index (χ1n) is 5.02. The lowest BCUT2D eigenvalue weighted by Gasteiger charge is -1.97. The maximum atomic E-state index is 11.5. The van der Waals surface area contributed by atoms with E-state index >= 15 is 0 Å². The summed E-state index contributed by atoms with van der Waals surface area (Å²) in [6, 6.07) is 5.45. The molecule has 0 saturated heterocycles. The number of carbonyl (C=O) groups excluding carboxylic acids is 1. The fourth-order valence-electron chi connectivity index (χ4n) is 1.63. The maximum Gasteiger partial charge on any atom is 0.280 e. The molecule has 2 aromatic heterocycles. The number of hydrogen-bond acceptors (Lipinski definition) is 3. The lowest BCUT2D eigenvalue weighted by atomic mass is 10.1. The maximum absolute atomic E-state index is 11.5. The number of aryl methyl sites for hydroxylation is 1. The summed E-state index contributed by atoms with van der Waals surface area (Å²) in [6.07, 6.45) is 4.99. The Morgan fingerprint density at radius 1 is 1.47 bits per heavy atom. The van der Waals surface area contributed by atoms with Crippen LogP contribution in [-0.2, 0) is 0 Å². The summed E-state index contributed by atoms with van der Waals surface area (Å²) in [4.78, 5) is 18.3. The number of aromatic nitrogens is 2. The third-order valence-electron chi connectivity index (χ3n) is 2.42. The molecule has 0 aliphatic carbocycles. The van der Waals surface area contributed by atoms with E-state index < -0.39 is 5.91 Å². The fourth-order valence-corrected chi connectivity index (χ4v) is 1.63. The molecule has 0 fully saturated rings. The Labute approximate surface area is 98.1 Å². The van der Waals surface area contributed by atoms with Gasteiger partial charge in [0, 0.05) is 23.7 Å². The highest BCUT2D eigenvalue weighted by Crippen LogP contribution is 2.23. The van der Waals surface area contributed by atoms with E-state index in [2.05, 4.69) is 15.3 Å². The molecule has 2 heterocycles. The minimum atomic E-state index is -0.434. The Morgan fingerprint density at radius 3 is 2.82 bits per heavy atom. The first-order valence-corrected chi connectivity index (χ1v) is 5.02. The Morgan fingerprint density at radius 2 is 2.18 bits per heavy atom. The number of rotatable bonds is 2. The molecule has 2 rings (SSSR count). The van der Waals surface area contributed by atoms with Crippen LogP contribution in [0.15, 0.2) is 30.6 Å². The first kappa shape index (κ1) is 10.9. The Bertz CT molecular complexity index is 580. The minimum Gasteiger partial charge on any atom is -0.354 e. The zero-order valence-electron chi connectivity index (χ0n) is 9.19. The van der Waals surface area contributed by atoms with Crippen LogP contribution in [-0.4, -0.2) is 15.9 Å². The van der Waals surface area contributed by atoms with Crippen LogP contribution >= 0.6 is 0 Å². The topological polar surface area (TPSA) is 81.6 Å². The molecule has 0 atom stereocenters. The molecule has 5 nitrogen and oxygen atoms in total. The van der Waals surface area contributed by atoms with Gasteiger partial charge in [0.05, 0.1) is 0 Å². The third-order valence-corrected chi connectivity index (χ3v) is 2.42. The van der Waals surface area contributed by atoms with Crippen molar-refractivity contribution < 1.29 is 4.79 Å². The van der Waals surface area contributed by atoms with E-state index in [4.69, 9.17) is 5.26 Å². The molecule has 0 aromatic carbocycles. The van der Waals surface area contributed by atoms with Crippen molar-refractivity contribution in [1.82, 2.24) is 15.3 Å². The molecule has 0 spiro atoms. The molecule has 17 heavy (non-hydrogen) atoms. The van der Waals surface area contributed by atoms with Crippen LogP contribution in [0.2, 0.25) is 0 Å². The molecule has 0 bridgehead atoms. The van der Waals surface area contributed by atoms with Crippen LogP contribution in [0.1, 0.15) is 16.2 Å². The number of pyridine rings is 1. The van der Waals surface area contributed by atoms with E-state index in [1.807, 2.05) is 19.1 Å². The lowest BCUT2D eigenvalue weighted by Crippen LogP contribution is -2.17. The van der Waals surface area contributed by atoms with Gasteiger partial charge in [-0.15, -0.1) is 0 Å². The van der Waals surface area contributed by atoms with Gasteiger partial charge in [-0.25, -0.2) is 0 Å². The summed E-state index contributed by atoms with van der Waals surface area (Å²) in [6.45, 7) is 1.87. The van der Waals surface area contributed by atoms with Gasteiger partial charge in [-0.3, -0.25) is 15.1 Å². The summed E-state index contributed by atoms with van der Waals surface area (Å²) in [7, 11) is 0. The zero-order chi connectivity index (χ0) is 12.3. The monoisotopic (exact) mass is 226 g/mol. The summed E-state index contributed by atoms with van der Waals surface area (Å²) >= 11 is 0. The van der Waals surface area contributed by atoms with Crippen molar-refractivity contribution in [3.63, 3.8) is 0 Å². The molecule has 0 saturated carbocycles. The molecule has 2 aromatic rings. The zero-order valence-corrected chi connectivity index (χ0v) is 9.19. The second kappa shape index (κ2) is 4.49. The van der Waals surface area contributed by atoms with Crippen molar-refractivity contribution in [1.29, 1.82) is 5.26 Å². The third kappa shape index (κ3) is 2.16. The predicted octanol–water partition coefficient (Wildman–Crippen LogP) is 1.60. The molecule has 2 N–H and O–H groups in total. The largest absolute Gasteiger partial charge is 0.354 e. The first-order chi connectivity index (χ1) is 8.22. The van der Waals surface area contributed by atoms with E-state index in [0.717, 1.165) is 16.8 Å². The average Bonchev–Trinajstić information content (AvgIpc) is 2.73. The normalized spacial score (nSPS) is 9.65. The number of carbonyl (C=O) groups is 1. The van der Waals surface area contributed by atoms with Crippen LogP contribution in [0.5, 0.6) is 0 Å². The molecule has 0 aliphatic rings. The summed E-state index contributed by atoms with van der Waals surface area (Å²) < 4.78 is 0. The van der Waals surface area contributed by atoms with Gasteiger partial charge in [0.2, 0.25) is 0 Å². The van der Waals surface area contributed by atoms with Crippen LogP contribution in [0, 0.1) is 18.4 Å². The van der Waals surface area contributed by atoms with E-state index in [1.54, 1.807) is 24.7 Å². The number of amides is 1. The molecule has 0 radical (unpaired) electrons. The fraction of sp³-hybridized carbons (Fsp3) is 0.0833. The SMILES string of the molecule is Cc1[nH]c(C(=O)NC#N)cc1-c1ccncc1. The van der Waals surface area contributed by atoms with Crippen LogP contribution < -0.4 is 5.32 Å². The van der Waals surface area contributed by atoms with Crippen molar-refractivity contribution in [2.75, 3.05) is 0 Å². The van der Waals surface area contributed by atoms with Gasteiger partial charge in [-0.05, 0) is 30.7 Å². The van der Waals surface area contributed by atoms with E-state index in [9.17, 15) is 4.79 Å². The molecule has 5 heteroatoms. The van der Waals surface area contributed by atoms with E-state index in [0.29, 0.717) is 5.69 Å². The van der Waals surface area contributed by atoms with Gasteiger partial charge in [0.1, 0.15) is 5.69 Å². The predicted molar refractivity (Wildman–Crippen MR) is 61.8 cm³/mol. The van der Waals surface area contributed by atoms with Gasteiger partial charge in [0.25, 0.3) is 5.91 Å². The van der Waals surface area contributed by atoms with Gasteiger partial charge >= 0.3 is 0 Å². The molecule has 0 aliphatic heterocycles. The highest BCUT2D eigenvalue weighted by Gasteiger charge is 2.12. The molecular weight excluding hydrogens is 216 g/mol. The van der Waals surface area contributed by atoms with Gasteiger partial charge < -0.3 is 4.98 Å². The van der Waals surface area contributed by atoms with E-state index in [1.165, 1.54) is 0 Å². The van der Waals surface area contributed by atoms with Crippen molar-refractivity contribution >= 4 is 5.91 Å². The number of H-pyrrole nitrogens is 1. The molecule has 0 unspecified atom stereocenters. The summed E-state index contributed by atoms with van der Waals surface area (Å²) in [5.41, 5.74) is 3.15. The van der Waals surface area contributed by atoms with Crippen LogP contribution in [0.3, 0.4) is 0 Å². The number of hydrogen-bond donors (Lipinski definition) is 2. The highest BCUT2D eigenvalue weighted by atomic mass is 16.1. The Balaban J connectivity index is 2.39. The van der Waals surface area contributed by atoms with Crippen LogP contribution in [0.4, 0.5) is 0 Å². The second-order valence-electron chi connectivity index (χ2n) is 3.52. The summed E-state index contributed by atoms with van der Waals surface area (Å²) in [5.74, 6) is -0.434. The Kier molecular flexibility index (Phi) is 2.88. The van der Waals surface area contributed by atoms with Gasteiger partial charge in [-0.2, -0.15) is 5.26 Å². The Hall–Kier alpha value is -2.61. The standard InChI is InChI=1S/C12H10N4O/c1-8-10(9-2-4-14-5-3-9)6-11(16-8)12(17)15-7-13/h2-6,16H,1H3,(H,15,17). The van der Waals surface area contributed by atoms with Crippen LogP contribution in [0.25, 0.3) is 11.1 Å². The smallest absolute Gasteiger partial charge is 0.280 e.